The van der Waals surface area contributed by atoms with Crippen LogP contribution in [0.3, 0.4) is 0 Å². The van der Waals surface area contributed by atoms with Gasteiger partial charge >= 0.3 is 0 Å². The third-order valence-electron chi connectivity index (χ3n) is 1.59. The van der Waals surface area contributed by atoms with Crippen molar-refractivity contribution in [2.45, 2.75) is 13.0 Å². The highest BCUT2D eigenvalue weighted by molar-refractivity contribution is 5.63. The van der Waals surface area contributed by atoms with Gasteiger partial charge in [-0.1, -0.05) is 0 Å². The standard InChI is InChI=1S/C7H9F2N3O/c8-6(9)4-1-3(2-13)5(10)7(11)12-4/h1,6,13H,2,10H2,(H2,11,12). The minimum atomic E-state index is -2.71. The lowest BCUT2D eigenvalue weighted by molar-refractivity contribution is 0.146. The van der Waals surface area contributed by atoms with E-state index in [1.54, 1.807) is 0 Å². The summed E-state index contributed by atoms with van der Waals surface area (Å²) in [7, 11) is 0. The van der Waals surface area contributed by atoms with Crippen LogP contribution in [0.1, 0.15) is 17.7 Å². The Labute approximate surface area is 73.2 Å². The van der Waals surface area contributed by atoms with E-state index in [1.807, 2.05) is 0 Å². The third kappa shape index (κ3) is 1.83. The minimum absolute atomic E-state index is 0.0481. The molecule has 0 atom stereocenters. The van der Waals surface area contributed by atoms with Gasteiger partial charge in [0, 0.05) is 5.56 Å². The van der Waals surface area contributed by atoms with Crippen LogP contribution in [0.5, 0.6) is 0 Å². The summed E-state index contributed by atoms with van der Waals surface area (Å²) in [5.74, 6) is -0.179. The SMILES string of the molecule is Nc1nc(C(F)F)cc(CO)c1N. The lowest BCUT2D eigenvalue weighted by Gasteiger charge is -2.07. The maximum absolute atomic E-state index is 12.2. The van der Waals surface area contributed by atoms with Gasteiger partial charge in [-0.25, -0.2) is 13.8 Å². The van der Waals surface area contributed by atoms with Crippen molar-refractivity contribution in [3.63, 3.8) is 0 Å². The fourth-order valence-electron chi connectivity index (χ4n) is 0.895. The molecule has 0 aromatic carbocycles. The number of nitrogens with two attached hydrogens (primary N) is 2. The van der Waals surface area contributed by atoms with Gasteiger partial charge in [-0.2, -0.15) is 0 Å². The molecule has 13 heavy (non-hydrogen) atoms. The van der Waals surface area contributed by atoms with Crippen molar-refractivity contribution in [1.29, 1.82) is 0 Å². The first-order chi connectivity index (χ1) is 6.06. The number of alkyl halides is 2. The second-order valence-corrected chi connectivity index (χ2v) is 2.46. The summed E-state index contributed by atoms with van der Waals surface area (Å²) in [6, 6.07) is 1.04. The molecular formula is C7H9F2N3O. The Morgan fingerprint density at radius 1 is 1.46 bits per heavy atom. The van der Waals surface area contributed by atoms with E-state index in [1.165, 1.54) is 0 Å². The van der Waals surface area contributed by atoms with Gasteiger partial charge in [-0.15, -0.1) is 0 Å². The van der Waals surface area contributed by atoms with Crippen LogP contribution >= 0.6 is 0 Å². The Balaban J connectivity index is 3.22. The number of nitrogen functional groups attached to an aromatic ring is 2. The van der Waals surface area contributed by atoms with Gasteiger partial charge in [0.2, 0.25) is 0 Å². The maximum atomic E-state index is 12.2. The van der Waals surface area contributed by atoms with Crippen LogP contribution in [0.4, 0.5) is 20.3 Å². The predicted octanol–water partition coefficient (Wildman–Crippen LogP) is 0.676. The van der Waals surface area contributed by atoms with Crippen molar-refractivity contribution in [3.05, 3.63) is 17.3 Å². The van der Waals surface area contributed by atoms with Gasteiger partial charge in [0.15, 0.2) is 0 Å². The lowest BCUT2D eigenvalue weighted by atomic mass is 10.2. The van der Waals surface area contributed by atoms with E-state index in [9.17, 15) is 8.78 Å². The second kappa shape index (κ2) is 3.53. The minimum Gasteiger partial charge on any atom is -0.395 e. The first kappa shape index (κ1) is 9.66. The largest absolute Gasteiger partial charge is 0.395 e. The first-order valence-electron chi connectivity index (χ1n) is 3.50. The van der Waals surface area contributed by atoms with Crippen LogP contribution in [-0.4, -0.2) is 10.1 Å². The van der Waals surface area contributed by atoms with Gasteiger partial charge < -0.3 is 16.6 Å². The number of aliphatic hydroxyl groups excluding tert-OH is 1. The zero-order chi connectivity index (χ0) is 10.0. The van der Waals surface area contributed by atoms with Crippen LogP contribution < -0.4 is 11.5 Å². The molecule has 0 fully saturated rings. The molecule has 0 saturated heterocycles. The first-order valence-corrected chi connectivity index (χ1v) is 3.50. The second-order valence-electron chi connectivity index (χ2n) is 2.46. The van der Waals surface area contributed by atoms with Gasteiger partial charge in [0.05, 0.1) is 12.3 Å². The fraction of sp³-hybridized carbons (Fsp3) is 0.286. The molecule has 1 rings (SSSR count). The van der Waals surface area contributed by atoms with Crippen molar-refractivity contribution in [3.8, 4) is 0 Å². The lowest BCUT2D eigenvalue weighted by Crippen LogP contribution is -2.05. The van der Waals surface area contributed by atoms with Gasteiger partial charge in [0.25, 0.3) is 6.43 Å². The van der Waals surface area contributed by atoms with Gasteiger partial charge in [-0.05, 0) is 6.07 Å². The number of halogens is 2. The highest BCUT2D eigenvalue weighted by Crippen LogP contribution is 2.24. The molecule has 0 aliphatic rings. The van der Waals surface area contributed by atoms with E-state index in [2.05, 4.69) is 4.98 Å². The molecule has 0 radical (unpaired) electrons. The van der Waals surface area contributed by atoms with E-state index < -0.39 is 18.7 Å². The third-order valence-corrected chi connectivity index (χ3v) is 1.59. The molecule has 0 bridgehead atoms. The number of pyridine rings is 1. The number of rotatable bonds is 2. The van der Waals surface area contributed by atoms with Crippen LogP contribution in [0.15, 0.2) is 6.07 Å². The molecule has 0 saturated carbocycles. The molecule has 0 aliphatic carbocycles. The molecule has 6 heteroatoms. The molecule has 1 aromatic rings. The van der Waals surface area contributed by atoms with Gasteiger partial charge in [-0.3, -0.25) is 0 Å². The number of aliphatic hydroxyl groups is 1. The molecule has 72 valence electrons. The number of anilines is 2. The molecule has 0 spiro atoms. The van der Waals surface area contributed by atoms with E-state index in [0.29, 0.717) is 0 Å². The quantitative estimate of drug-likeness (QED) is 0.638. The van der Waals surface area contributed by atoms with E-state index in [4.69, 9.17) is 16.6 Å². The Hall–Kier alpha value is -1.43. The van der Waals surface area contributed by atoms with Crippen LogP contribution in [-0.2, 0) is 6.61 Å². The molecule has 0 amide bonds. The summed E-state index contributed by atoms with van der Waals surface area (Å²) < 4.78 is 24.3. The van der Waals surface area contributed by atoms with Crippen molar-refractivity contribution in [1.82, 2.24) is 4.98 Å². The highest BCUT2D eigenvalue weighted by atomic mass is 19.3. The van der Waals surface area contributed by atoms with E-state index in [0.717, 1.165) is 6.07 Å². The zero-order valence-electron chi connectivity index (χ0n) is 6.67. The predicted molar refractivity (Wildman–Crippen MR) is 43.9 cm³/mol. The van der Waals surface area contributed by atoms with Crippen molar-refractivity contribution in [2.75, 3.05) is 11.5 Å². The summed E-state index contributed by atoms with van der Waals surface area (Å²) >= 11 is 0. The smallest absolute Gasteiger partial charge is 0.280 e. The normalized spacial score (nSPS) is 10.8. The van der Waals surface area contributed by atoms with E-state index in [-0.39, 0.29) is 17.1 Å². The summed E-state index contributed by atoms with van der Waals surface area (Å²) in [5.41, 5.74) is 10.4. The average Bonchev–Trinajstić information content (AvgIpc) is 2.09. The Kier molecular flexibility index (Phi) is 2.62. The molecule has 0 aliphatic heterocycles. The van der Waals surface area contributed by atoms with Crippen molar-refractivity contribution < 1.29 is 13.9 Å². The monoisotopic (exact) mass is 189 g/mol. The number of aromatic nitrogens is 1. The molecule has 1 aromatic heterocycles. The zero-order valence-corrected chi connectivity index (χ0v) is 6.67. The maximum Gasteiger partial charge on any atom is 0.280 e. The molecule has 4 nitrogen and oxygen atoms in total. The number of hydrogen-bond donors (Lipinski definition) is 3. The summed E-state index contributed by atoms with van der Waals surface area (Å²) in [6.45, 7) is -0.432. The molecule has 0 unspecified atom stereocenters. The van der Waals surface area contributed by atoms with Crippen LogP contribution in [0, 0.1) is 0 Å². The average molecular weight is 189 g/mol. The fourth-order valence-corrected chi connectivity index (χ4v) is 0.895. The number of hydrogen-bond acceptors (Lipinski definition) is 4. The Morgan fingerprint density at radius 3 is 2.54 bits per heavy atom. The van der Waals surface area contributed by atoms with Crippen LogP contribution in [0.2, 0.25) is 0 Å². The Bertz CT molecular complexity index is 317. The molecule has 1 heterocycles. The summed E-state index contributed by atoms with van der Waals surface area (Å²) in [4.78, 5) is 3.37. The van der Waals surface area contributed by atoms with Crippen LogP contribution in [0.25, 0.3) is 0 Å². The van der Waals surface area contributed by atoms with Gasteiger partial charge in [0.1, 0.15) is 11.5 Å². The summed E-state index contributed by atoms with van der Waals surface area (Å²) in [5, 5.41) is 8.74. The van der Waals surface area contributed by atoms with Crippen molar-refractivity contribution >= 4 is 11.5 Å². The van der Waals surface area contributed by atoms with E-state index >= 15 is 0 Å². The van der Waals surface area contributed by atoms with Crippen molar-refractivity contribution in [2.24, 2.45) is 0 Å². The molecule has 5 N–H and O–H groups in total. The Morgan fingerprint density at radius 2 is 2.08 bits per heavy atom. The highest BCUT2D eigenvalue weighted by Gasteiger charge is 2.13. The molecular weight excluding hydrogens is 180 g/mol. The number of nitrogens with zero attached hydrogens (tertiary/aromatic N) is 1. The summed E-state index contributed by atoms with van der Waals surface area (Å²) in [6.07, 6.45) is -2.71. The topological polar surface area (TPSA) is 85.2 Å².